The monoisotopic (exact) mass is 442 g/mol. The molecule has 166 valence electrons. The van der Waals surface area contributed by atoms with E-state index in [0.29, 0.717) is 28.2 Å². The van der Waals surface area contributed by atoms with Crippen LogP contribution >= 0.6 is 0 Å². The predicted molar refractivity (Wildman–Crippen MR) is 132 cm³/mol. The molecular weight excluding hydrogens is 411 g/mol. The van der Waals surface area contributed by atoms with E-state index in [4.69, 9.17) is 16.1 Å². The van der Waals surface area contributed by atoms with Gasteiger partial charge in [-0.25, -0.2) is 13.6 Å². The van der Waals surface area contributed by atoms with Gasteiger partial charge in [-0.05, 0) is 41.1 Å². The Kier molecular flexibility index (Phi) is 6.46. The largest absolute Gasteiger partial charge is 0.398 e. The van der Waals surface area contributed by atoms with Gasteiger partial charge in [-0.2, -0.15) is 4.36 Å². The number of fused-ring (bicyclic) bond motifs is 1. The maximum Gasteiger partial charge on any atom is 0.169 e. The Balaban J connectivity index is 0.00000363. The predicted octanol–water partition coefficient (Wildman–Crippen LogP) is 6.52. The van der Waals surface area contributed by atoms with Gasteiger partial charge in [-0.1, -0.05) is 46.8 Å². The van der Waals surface area contributed by atoms with Crippen LogP contribution in [0.25, 0.3) is 21.9 Å². The lowest BCUT2D eigenvalue weighted by molar-refractivity contribution is 0.628. The first-order chi connectivity index (χ1) is 14.6. The topological polar surface area (TPSA) is 92.2 Å². The summed E-state index contributed by atoms with van der Waals surface area (Å²) in [5.74, 6) is 0.533. The van der Waals surface area contributed by atoms with Crippen LogP contribution in [0.5, 0.6) is 0 Å². The van der Waals surface area contributed by atoms with Crippen LogP contribution in [0.1, 0.15) is 53.2 Å². The Morgan fingerprint density at radius 2 is 1.84 bits per heavy atom. The van der Waals surface area contributed by atoms with Crippen molar-refractivity contribution in [3.05, 3.63) is 53.5 Å². The van der Waals surface area contributed by atoms with E-state index >= 15 is 0 Å². The Bertz CT molecular complexity index is 1260. The molecule has 1 heterocycles. The summed E-state index contributed by atoms with van der Waals surface area (Å²) in [5, 5.41) is 9.09. The number of rotatable bonds is 6. The van der Waals surface area contributed by atoms with E-state index < -0.39 is 9.73 Å². The number of hydrogen-bond donors (Lipinski definition) is 2. The van der Waals surface area contributed by atoms with E-state index in [0.717, 1.165) is 22.2 Å². The number of halogens is 1. The van der Waals surface area contributed by atoms with Gasteiger partial charge in [0, 0.05) is 40.8 Å². The van der Waals surface area contributed by atoms with Crippen molar-refractivity contribution in [2.24, 2.45) is 4.36 Å². The maximum absolute atomic E-state index is 13.6. The number of nitrogens with two attached hydrogens (primary N) is 1. The van der Waals surface area contributed by atoms with E-state index in [1.165, 1.54) is 18.3 Å². The van der Waals surface area contributed by atoms with Crippen LogP contribution in [-0.4, -0.2) is 26.4 Å². The quantitative estimate of drug-likeness (QED) is 0.336. The van der Waals surface area contributed by atoms with Crippen LogP contribution in [0.3, 0.4) is 0 Å². The fourth-order valence-corrected chi connectivity index (χ4v) is 5.01. The van der Waals surface area contributed by atoms with E-state index in [1.807, 2.05) is 40.7 Å². The van der Waals surface area contributed by atoms with Crippen LogP contribution in [0.15, 0.2) is 40.8 Å². The zero-order valence-electron chi connectivity index (χ0n) is 18.6. The van der Waals surface area contributed by atoms with E-state index in [1.54, 1.807) is 18.2 Å². The standard InChI is InChI=1S/C24H29FN4OS.H2/c1-6-31(30,15(4)5)29-24-20-12-21(27)17(13-26)11-19(20)22(23(28-24)14(2)3)16-7-9-18(25)10-8-16;/h7-15,26H,6,27H2,1-5H3;1H. The van der Waals surface area contributed by atoms with Crippen molar-refractivity contribution in [1.29, 1.82) is 5.41 Å². The van der Waals surface area contributed by atoms with Gasteiger partial charge in [0.1, 0.15) is 5.82 Å². The Morgan fingerprint density at radius 3 is 2.35 bits per heavy atom. The SMILES string of the molecule is CCS(=O)(=Nc1nc(C(C)C)c(-c2ccc(F)cc2)c2cc(C=N)c(N)cc12)C(C)C.[HH]. The molecule has 1 atom stereocenters. The summed E-state index contributed by atoms with van der Waals surface area (Å²) < 4.78 is 31.7. The molecule has 2 aromatic carbocycles. The van der Waals surface area contributed by atoms with Crippen LogP contribution in [-0.2, 0) is 9.73 Å². The first-order valence-electron chi connectivity index (χ1n) is 10.4. The number of aromatic nitrogens is 1. The third kappa shape index (κ3) is 4.32. The third-order valence-electron chi connectivity index (χ3n) is 5.44. The average molecular weight is 443 g/mol. The number of hydrogen-bond acceptors (Lipinski definition) is 5. The van der Waals surface area contributed by atoms with E-state index in [2.05, 4.69) is 4.36 Å². The molecule has 0 spiro atoms. The summed E-state index contributed by atoms with van der Waals surface area (Å²) in [6.45, 7) is 9.72. The van der Waals surface area contributed by atoms with Crippen LogP contribution in [0.2, 0.25) is 0 Å². The number of nitrogens with one attached hydrogen (secondary N) is 1. The molecule has 0 saturated heterocycles. The molecule has 3 rings (SSSR count). The minimum Gasteiger partial charge on any atom is -0.398 e. The van der Waals surface area contributed by atoms with Gasteiger partial charge in [0.25, 0.3) is 0 Å². The molecule has 7 heteroatoms. The highest BCUT2D eigenvalue weighted by atomic mass is 32.2. The summed E-state index contributed by atoms with van der Waals surface area (Å²) in [7, 11) is -2.51. The first-order valence-corrected chi connectivity index (χ1v) is 12.1. The molecular formula is C24H31FN4OS. The van der Waals surface area contributed by atoms with Crippen molar-refractivity contribution in [2.75, 3.05) is 11.5 Å². The van der Waals surface area contributed by atoms with Gasteiger partial charge in [0.2, 0.25) is 0 Å². The maximum atomic E-state index is 13.6. The van der Waals surface area contributed by atoms with Crippen molar-refractivity contribution >= 4 is 38.2 Å². The molecule has 0 aliphatic heterocycles. The van der Waals surface area contributed by atoms with Crippen molar-refractivity contribution in [3.63, 3.8) is 0 Å². The van der Waals surface area contributed by atoms with Gasteiger partial charge < -0.3 is 11.1 Å². The number of nitrogens with zero attached hydrogens (tertiary/aromatic N) is 2. The molecule has 5 nitrogen and oxygen atoms in total. The minimum atomic E-state index is -2.51. The van der Waals surface area contributed by atoms with Gasteiger partial charge in [-0.15, -0.1) is 0 Å². The zero-order valence-corrected chi connectivity index (χ0v) is 19.4. The van der Waals surface area contributed by atoms with Gasteiger partial charge in [0.15, 0.2) is 5.82 Å². The minimum absolute atomic E-state index is 0. The van der Waals surface area contributed by atoms with E-state index in [9.17, 15) is 8.60 Å². The lowest BCUT2D eigenvalue weighted by Crippen LogP contribution is -2.15. The van der Waals surface area contributed by atoms with Crippen molar-refractivity contribution < 1.29 is 10.0 Å². The second-order valence-corrected chi connectivity index (χ2v) is 11.2. The number of nitrogen functional groups attached to an aromatic ring is 1. The molecule has 0 bridgehead atoms. The molecule has 0 saturated carbocycles. The molecule has 0 fully saturated rings. The zero-order chi connectivity index (χ0) is 22.9. The Morgan fingerprint density at radius 1 is 1.19 bits per heavy atom. The summed E-state index contributed by atoms with van der Waals surface area (Å²) >= 11 is 0. The van der Waals surface area contributed by atoms with Crippen LogP contribution < -0.4 is 5.73 Å². The molecule has 0 radical (unpaired) electrons. The lowest BCUT2D eigenvalue weighted by atomic mass is 9.91. The summed E-state index contributed by atoms with van der Waals surface area (Å²) in [6, 6.07) is 9.86. The molecule has 1 aromatic heterocycles. The fourth-order valence-electron chi connectivity index (χ4n) is 3.58. The molecule has 0 aliphatic carbocycles. The Hall–Kier alpha value is -2.80. The van der Waals surface area contributed by atoms with Gasteiger partial charge in [0.05, 0.1) is 15.4 Å². The van der Waals surface area contributed by atoms with Gasteiger partial charge in [-0.3, -0.25) is 0 Å². The highest BCUT2D eigenvalue weighted by Crippen LogP contribution is 2.40. The molecule has 3 N–H and O–H groups in total. The van der Waals surface area contributed by atoms with Crippen LogP contribution in [0, 0.1) is 11.2 Å². The summed E-state index contributed by atoms with van der Waals surface area (Å²) in [5.41, 5.74) is 9.63. The third-order valence-corrected chi connectivity index (χ3v) is 8.22. The van der Waals surface area contributed by atoms with Crippen molar-refractivity contribution in [2.45, 2.75) is 45.8 Å². The molecule has 1 unspecified atom stereocenters. The highest BCUT2D eigenvalue weighted by molar-refractivity contribution is 7.94. The van der Waals surface area contributed by atoms with Crippen molar-refractivity contribution in [1.82, 2.24) is 4.98 Å². The molecule has 31 heavy (non-hydrogen) atoms. The number of pyridine rings is 1. The highest BCUT2D eigenvalue weighted by Gasteiger charge is 2.21. The first kappa shape index (κ1) is 22.9. The summed E-state index contributed by atoms with van der Waals surface area (Å²) in [6.07, 6.45) is 1.21. The molecule has 0 amide bonds. The lowest BCUT2D eigenvalue weighted by Gasteiger charge is -2.19. The molecule has 3 aromatic rings. The Labute approximate surface area is 185 Å². The second-order valence-electron chi connectivity index (χ2n) is 8.15. The van der Waals surface area contributed by atoms with Crippen LogP contribution in [0.4, 0.5) is 15.9 Å². The van der Waals surface area contributed by atoms with Crippen molar-refractivity contribution in [3.8, 4) is 11.1 Å². The summed E-state index contributed by atoms with van der Waals surface area (Å²) in [4.78, 5) is 4.86. The average Bonchev–Trinajstić information content (AvgIpc) is 2.73. The van der Waals surface area contributed by atoms with E-state index in [-0.39, 0.29) is 18.4 Å². The smallest absolute Gasteiger partial charge is 0.169 e. The number of anilines is 1. The number of benzene rings is 2. The second kappa shape index (κ2) is 8.75. The fraction of sp³-hybridized carbons (Fsp3) is 0.333. The van der Waals surface area contributed by atoms with Gasteiger partial charge >= 0.3 is 0 Å². The normalized spacial score (nSPS) is 13.5. The molecule has 0 aliphatic rings.